The lowest BCUT2D eigenvalue weighted by Crippen LogP contribution is -2.48. The molecule has 32 heavy (non-hydrogen) atoms. The summed E-state index contributed by atoms with van der Waals surface area (Å²) in [7, 11) is 3.32. The molecule has 0 bridgehead atoms. The van der Waals surface area contributed by atoms with Crippen LogP contribution in [0.25, 0.3) is 0 Å². The Labute approximate surface area is 193 Å². The lowest BCUT2D eigenvalue weighted by Gasteiger charge is -2.32. The summed E-state index contributed by atoms with van der Waals surface area (Å²) in [6.07, 6.45) is 4.13. The van der Waals surface area contributed by atoms with Crippen LogP contribution in [0.4, 0.5) is 0 Å². The molecule has 0 aromatic heterocycles. The van der Waals surface area contributed by atoms with Gasteiger partial charge in [-0.25, -0.2) is 0 Å². The number of rotatable bonds is 14. The maximum Gasteiger partial charge on any atom is 0.222 e. The second-order valence-electron chi connectivity index (χ2n) is 9.15. The van der Waals surface area contributed by atoms with Gasteiger partial charge >= 0.3 is 0 Å². The first-order valence-corrected chi connectivity index (χ1v) is 11.9. The van der Waals surface area contributed by atoms with Crippen molar-refractivity contribution in [3.63, 3.8) is 0 Å². The Bertz CT molecular complexity index is 697. The van der Waals surface area contributed by atoms with Crippen molar-refractivity contribution in [3.8, 4) is 11.5 Å². The van der Waals surface area contributed by atoms with Crippen LogP contribution in [-0.4, -0.2) is 68.6 Å². The number of β-amino-alcohol motifs (C(OH)–C–C–N with tert-alkyl or cyclic N) is 1. The summed E-state index contributed by atoms with van der Waals surface area (Å²) >= 11 is 0. The third-order valence-electron chi connectivity index (χ3n) is 6.32. The standard InChI is InChI=1S/C25H42N2O5/c1-18(2)20(16-21(26)22(28)17-27-11-6-5-8-25(27)29)14-19-9-10-23(31-4)24(15-19)32-13-7-12-30-3/h9-10,15,18,20-22,28H,5-8,11-14,16-17,26H2,1-4H3. The second-order valence-corrected chi connectivity index (χ2v) is 9.15. The van der Waals surface area contributed by atoms with Crippen LogP contribution in [0.3, 0.4) is 0 Å². The van der Waals surface area contributed by atoms with Crippen molar-refractivity contribution >= 4 is 5.91 Å². The van der Waals surface area contributed by atoms with E-state index >= 15 is 0 Å². The zero-order chi connectivity index (χ0) is 23.5. The number of hydrogen-bond acceptors (Lipinski definition) is 6. The van der Waals surface area contributed by atoms with Crippen LogP contribution < -0.4 is 15.2 Å². The third-order valence-corrected chi connectivity index (χ3v) is 6.32. The number of carbonyl (C=O) groups excluding carboxylic acids is 1. The van der Waals surface area contributed by atoms with Crippen molar-refractivity contribution in [3.05, 3.63) is 23.8 Å². The van der Waals surface area contributed by atoms with Crippen LogP contribution in [0.2, 0.25) is 0 Å². The van der Waals surface area contributed by atoms with Crippen molar-refractivity contribution in [2.24, 2.45) is 17.6 Å². The second kappa shape index (κ2) is 13.7. The quantitative estimate of drug-likeness (QED) is 0.423. The number of ether oxygens (including phenoxy) is 3. The molecule has 1 aromatic rings. The van der Waals surface area contributed by atoms with E-state index in [0.29, 0.717) is 50.2 Å². The Kier molecular flexibility index (Phi) is 11.3. The average molecular weight is 451 g/mol. The number of aliphatic hydroxyl groups excluding tert-OH is 1. The highest BCUT2D eigenvalue weighted by Gasteiger charge is 2.27. The number of methoxy groups -OCH3 is 2. The van der Waals surface area contributed by atoms with E-state index in [1.165, 1.54) is 0 Å². The summed E-state index contributed by atoms with van der Waals surface area (Å²) < 4.78 is 16.4. The number of piperidine rings is 1. The Morgan fingerprint density at radius 2 is 1.94 bits per heavy atom. The molecule has 0 spiro atoms. The van der Waals surface area contributed by atoms with Crippen LogP contribution in [-0.2, 0) is 16.0 Å². The van der Waals surface area contributed by atoms with E-state index in [1.54, 1.807) is 19.1 Å². The molecule has 1 heterocycles. The van der Waals surface area contributed by atoms with E-state index in [4.69, 9.17) is 19.9 Å². The summed E-state index contributed by atoms with van der Waals surface area (Å²) in [5, 5.41) is 10.7. The highest BCUT2D eigenvalue weighted by atomic mass is 16.5. The van der Waals surface area contributed by atoms with E-state index in [2.05, 4.69) is 19.9 Å². The van der Waals surface area contributed by atoms with E-state index in [-0.39, 0.29) is 11.9 Å². The molecular formula is C25H42N2O5. The number of aliphatic hydroxyl groups is 1. The van der Waals surface area contributed by atoms with Gasteiger partial charge in [-0.3, -0.25) is 4.79 Å². The number of benzene rings is 1. The largest absolute Gasteiger partial charge is 0.493 e. The third kappa shape index (κ3) is 8.26. The SMILES string of the molecule is COCCCOc1cc(CC(CC(N)C(O)CN2CCCCC2=O)C(C)C)ccc1OC. The van der Waals surface area contributed by atoms with Gasteiger partial charge in [0.1, 0.15) is 0 Å². The zero-order valence-corrected chi connectivity index (χ0v) is 20.2. The fourth-order valence-corrected chi connectivity index (χ4v) is 4.16. The van der Waals surface area contributed by atoms with E-state index in [1.807, 2.05) is 12.1 Å². The highest BCUT2D eigenvalue weighted by molar-refractivity contribution is 5.76. The monoisotopic (exact) mass is 450 g/mol. The zero-order valence-electron chi connectivity index (χ0n) is 20.2. The Hall–Kier alpha value is -1.83. The number of hydrogen-bond donors (Lipinski definition) is 2. The molecule has 3 unspecified atom stereocenters. The number of nitrogens with two attached hydrogens (primary N) is 1. The van der Waals surface area contributed by atoms with Gasteiger partial charge in [-0.15, -0.1) is 0 Å². The molecule has 1 aliphatic rings. The topological polar surface area (TPSA) is 94.3 Å². The van der Waals surface area contributed by atoms with E-state index < -0.39 is 6.10 Å². The molecule has 0 aliphatic carbocycles. The summed E-state index contributed by atoms with van der Waals surface area (Å²) in [5.41, 5.74) is 7.55. The summed E-state index contributed by atoms with van der Waals surface area (Å²) in [6, 6.07) is 5.66. The van der Waals surface area contributed by atoms with Gasteiger partial charge in [0, 0.05) is 45.7 Å². The minimum atomic E-state index is -0.714. The number of amides is 1. The van der Waals surface area contributed by atoms with Gasteiger partial charge in [0.25, 0.3) is 0 Å². The van der Waals surface area contributed by atoms with E-state index in [0.717, 1.165) is 43.5 Å². The van der Waals surface area contributed by atoms with Gasteiger partial charge in [-0.1, -0.05) is 19.9 Å². The minimum absolute atomic E-state index is 0.124. The first-order valence-electron chi connectivity index (χ1n) is 11.9. The molecule has 1 amide bonds. The molecular weight excluding hydrogens is 408 g/mol. The van der Waals surface area contributed by atoms with Gasteiger partial charge in [0.2, 0.25) is 5.91 Å². The van der Waals surface area contributed by atoms with Crippen LogP contribution in [0.1, 0.15) is 51.5 Å². The molecule has 3 atom stereocenters. The van der Waals surface area contributed by atoms with Crippen molar-refractivity contribution in [1.82, 2.24) is 4.90 Å². The van der Waals surface area contributed by atoms with Gasteiger partial charge in [-0.05, 0) is 55.2 Å². The summed E-state index contributed by atoms with van der Waals surface area (Å²) in [4.78, 5) is 13.8. The Balaban J connectivity index is 1.98. The predicted molar refractivity (Wildman–Crippen MR) is 126 cm³/mol. The molecule has 0 radical (unpaired) electrons. The van der Waals surface area contributed by atoms with E-state index in [9.17, 15) is 9.90 Å². The first-order chi connectivity index (χ1) is 15.3. The van der Waals surface area contributed by atoms with Gasteiger partial charge in [-0.2, -0.15) is 0 Å². The smallest absolute Gasteiger partial charge is 0.222 e. The van der Waals surface area contributed by atoms with Crippen LogP contribution in [0.15, 0.2) is 18.2 Å². The van der Waals surface area contributed by atoms with Gasteiger partial charge in [0.05, 0.1) is 19.8 Å². The van der Waals surface area contributed by atoms with Crippen LogP contribution >= 0.6 is 0 Å². The first kappa shape index (κ1) is 26.4. The fourth-order valence-electron chi connectivity index (χ4n) is 4.16. The number of nitrogens with zero attached hydrogens (tertiary/aromatic N) is 1. The normalized spacial score (nSPS) is 17.3. The fraction of sp³-hybridized carbons (Fsp3) is 0.720. The van der Waals surface area contributed by atoms with Gasteiger partial charge < -0.3 is 30.0 Å². The van der Waals surface area contributed by atoms with Crippen molar-refractivity contribution in [2.75, 3.05) is 40.5 Å². The molecule has 1 aromatic carbocycles. The predicted octanol–water partition coefficient (Wildman–Crippen LogP) is 3.02. The van der Waals surface area contributed by atoms with Crippen LogP contribution in [0.5, 0.6) is 11.5 Å². The molecule has 1 aliphatic heterocycles. The van der Waals surface area contributed by atoms with Crippen molar-refractivity contribution in [1.29, 1.82) is 0 Å². The Morgan fingerprint density at radius 1 is 1.16 bits per heavy atom. The number of likely N-dealkylation sites (tertiary alicyclic amines) is 1. The molecule has 1 saturated heterocycles. The molecule has 1 fully saturated rings. The number of carbonyl (C=O) groups is 1. The molecule has 2 rings (SSSR count). The minimum Gasteiger partial charge on any atom is -0.493 e. The summed E-state index contributed by atoms with van der Waals surface area (Å²) in [5.74, 6) is 2.27. The molecule has 3 N–H and O–H groups in total. The lowest BCUT2D eigenvalue weighted by atomic mass is 9.83. The maximum absolute atomic E-state index is 12.1. The Morgan fingerprint density at radius 3 is 2.59 bits per heavy atom. The average Bonchev–Trinajstić information content (AvgIpc) is 2.77. The van der Waals surface area contributed by atoms with Crippen molar-refractivity contribution in [2.45, 2.75) is 64.5 Å². The van der Waals surface area contributed by atoms with Gasteiger partial charge in [0.15, 0.2) is 11.5 Å². The molecule has 182 valence electrons. The summed E-state index contributed by atoms with van der Waals surface area (Å²) in [6.45, 7) is 6.63. The molecule has 0 saturated carbocycles. The maximum atomic E-state index is 12.1. The van der Waals surface area contributed by atoms with Crippen molar-refractivity contribution < 1.29 is 24.1 Å². The molecule has 7 nitrogen and oxygen atoms in total. The molecule has 7 heteroatoms. The van der Waals surface area contributed by atoms with Crippen LogP contribution in [0, 0.1) is 11.8 Å². The lowest BCUT2D eigenvalue weighted by molar-refractivity contribution is -0.135. The highest BCUT2D eigenvalue weighted by Crippen LogP contribution is 2.31.